The van der Waals surface area contributed by atoms with Crippen LogP contribution in [0, 0.1) is 0 Å². The van der Waals surface area contributed by atoms with Crippen molar-refractivity contribution < 1.29 is 14.0 Å². The standard InChI is InChI=1S/C17H21O3P/c1-13(2)20-21(16-11-7-5-9-14(16)18-3)17-12-8-6-10-15(17)19-4/h5-13H,1-4H3. The highest BCUT2D eigenvalue weighted by Gasteiger charge is 2.23. The monoisotopic (exact) mass is 304 g/mol. The van der Waals surface area contributed by atoms with Crippen molar-refractivity contribution in [2.75, 3.05) is 14.2 Å². The van der Waals surface area contributed by atoms with Crippen molar-refractivity contribution >= 4 is 18.8 Å². The van der Waals surface area contributed by atoms with Crippen LogP contribution in [0.4, 0.5) is 0 Å². The van der Waals surface area contributed by atoms with Gasteiger partial charge in [0.1, 0.15) is 11.5 Å². The Kier molecular flexibility index (Phi) is 5.60. The third-order valence-corrected chi connectivity index (χ3v) is 5.17. The minimum atomic E-state index is -0.994. The van der Waals surface area contributed by atoms with Crippen molar-refractivity contribution in [2.24, 2.45) is 0 Å². The number of hydrogen-bond donors (Lipinski definition) is 0. The van der Waals surface area contributed by atoms with E-state index in [4.69, 9.17) is 14.0 Å². The molecule has 0 radical (unpaired) electrons. The predicted octanol–water partition coefficient (Wildman–Crippen LogP) is 3.48. The first-order valence-corrected chi connectivity index (χ1v) is 8.16. The molecule has 0 amide bonds. The van der Waals surface area contributed by atoms with E-state index in [2.05, 4.69) is 12.1 Å². The Bertz CT molecular complexity index is 536. The fourth-order valence-corrected chi connectivity index (χ4v) is 4.13. The van der Waals surface area contributed by atoms with Crippen LogP contribution in [0.5, 0.6) is 11.5 Å². The maximum atomic E-state index is 6.21. The molecule has 21 heavy (non-hydrogen) atoms. The van der Waals surface area contributed by atoms with E-state index < -0.39 is 8.15 Å². The van der Waals surface area contributed by atoms with Crippen LogP contribution in [0.25, 0.3) is 0 Å². The van der Waals surface area contributed by atoms with E-state index in [0.29, 0.717) is 0 Å². The van der Waals surface area contributed by atoms with Crippen LogP contribution in [-0.2, 0) is 4.52 Å². The summed E-state index contributed by atoms with van der Waals surface area (Å²) in [5.74, 6) is 1.69. The Morgan fingerprint density at radius 1 is 0.762 bits per heavy atom. The van der Waals surface area contributed by atoms with Gasteiger partial charge < -0.3 is 14.0 Å². The van der Waals surface area contributed by atoms with E-state index in [1.54, 1.807) is 14.2 Å². The molecule has 0 fully saturated rings. The molecule has 0 aromatic heterocycles. The molecule has 0 aliphatic rings. The third-order valence-electron chi connectivity index (χ3n) is 2.92. The molecule has 0 heterocycles. The average Bonchev–Trinajstić information content (AvgIpc) is 2.52. The summed E-state index contributed by atoms with van der Waals surface area (Å²) in [5, 5.41) is 2.13. The molecule has 0 atom stereocenters. The average molecular weight is 304 g/mol. The highest BCUT2D eigenvalue weighted by Crippen LogP contribution is 2.42. The van der Waals surface area contributed by atoms with E-state index in [1.807, 2.05) is 50.2 Å². The normalized spacial score (nSPS) is 11.0. The summed E-state index contributed by atoms with van der Waals surface area (Å²) in [5.41, 5.74) is 0. The quantitative estimate of drug-likeness (QED) is 0.765. The minimum absolute atomic E-state index is 0.117. The highest BCUT2D eigenvalue weighted by atomic mass is 31.1. The van der Waals surface area contributed by atoms with Crippen LogP contribution in [0.3, 0.4) is 0 Å². The van der Waals surface area contributed by atoms with Gasteiger partial charge in [-0.15, -0.1) is 0 Å². The Hall–Kier alpha value is -1.57. The second-order valence-corrected chi connectivity index (χ2v) is 6.56. The van der Waals surface area contributed by atoms with E-state index in [-0.39, 0.29) is 6.10 Å². The van der Waals surface area contributed by atoms with Gasteiger partial charge >= 0.3 is 0 Å². The minimum Gasteiger partial charge on any atom is -0.496 e. The van der Waals surface area contributed by atoms with Gasteiger partial charge in [-0.25, -0.2) is 0 Å². The number of ether oxygens (including phenoxy) is 2. The second-order valence-electron chi connectivity index (χ2n) is 4.79. The molecule has 0 spiro atoms. The molecule has 0 unspecified atom stereocenters. The van der Waals surface area contributed by atoms with Crippen molar-refractivity contribution in [1.29, 1.82) is 0 Å². The van der Waals surface area contributed by atoms with Gasteiger partial charge in [-0.1, -0.05) is 24.3 Å². The summed E-state index contributed by atoms with van der Waals surface area (Å²) in [4.78, 5) is 0. The summed E-state index contributed by atoms with van der Waals surface area (Å²) < 4.78 is 17.2. The fraction of sp³-hybridized carbons (Fsp3) is 0.294. The largest absolute Gasteiger partial charge is 0.496 e. The number of hydrogen-bond acceptors (Lipinski definition) is 3. The maximum absolute atomic E-state index is 6.21. The first-order valence-electron chi connectivity index (χ1n) is 6.90. The lowest BCUT2D eigenvalue weighted by Crippen LogP contribution is -2.19. The zero-order valence-electron chi connectivity index (χ0n) is 12.9. The first-order chi connectivity index (χ1) is 10.2. The highest BCUT2D eigenvalue weighted by molar-refractivity contribution is 7.69. The van der Waals surface area contributed by atoms with Crippen molar-refractivity contribution in [3.63, 3.8) is 0 Å². The van der Waals surface area contributed by atoms with Crippen LogP contribution >= 0.6 is 8.15 Å². The lowest BCUT2D eigenvalue weighted by molar-refractivity contribution is 0.277. The van der Waals surface area contributed by atoms with E-state index >= 15 is 0 Å². The van der Waals surface area contributed by atoms with Crippen LogP contribution in [0.2, 0.25) is 0 Å². The Labute approximate surface area is 127 Å². The molecule has 0 saturated heterocycles. The smallest absolute Gasteiger partial charge is 0.129 e. The molecule has 0 bridgehead atoms. The van der Waals surface area contributed by atoms with Gasteiger partial charge in [-0.3, -0.25) is 0 Å². The first kappa shape index (κ1) is 15.8. The van der Waals surface area contributed by atoms with Gasteiger partial charge in [-0.2, -0.15) is 0 Å². The van der Waals surface area contributed by atoms with Crippen molar-refractivity contribution in [3.8, 4) is 11.5 Å². The lowest BCUT2D eigenvalue weighted by atomic mass is 10.3. The van der Waals surface area contributed by atoms with E-state index in [0.717, 1.165) is 22.1 Å². The zero-order valence-corrected chi connectivity index (χ0v) is 13.8. The molecular weight excluding hydrogens is 283 g/mol. The van der Waals surface area contributed by atoms with Crippen LogP contribution in [-0.4, -0.2) is 20.3 Å². The molecule has 0 N–H and O–H groups in total. The molecule has 2 aromatic carbocycles. The molecule has 2 aromatic rings. The van der Waals surface area contributed by atoms with Crippen LogP contribution in [0.15, 0.2) is 48.5 Å². The molecule has 112 valence electrons. The van der Waals surface area contributed by atoms with Crippen LogP contribution in [0.1, 0.15) is 13.8 Å². The number of rotatable bonds is 6. The topological polar surface area (TPSA) is 27.7 Å². The second kappa shape index (κ2) is 7.44. The Morgan fingerprint density at radius 3 is 1.57 bits per heavy atom. The van der Waals surface area contributed by atoms with Gasteiger partial charge in [0.15, 0.2) is 0 Å². The summed E-state index contributed by atoms with van der Waals surface area (Å²) in [6, 6.07) is 16.0. The zero-order chi connectivity index (χ0) is 15.2. The van der Waals surface area contributed by atoms with Gasteiger partial charge in [0, 0.05) is 10.6 Å². The van der Waals surface area contributed by atoms with Crippen molar-refractivity contribution in [1.82, 2.24) is 0 Å². The summed E-state index contributed by atoms with van der Waals surface area (Å²) in [7, 11) is 2.38. The van der Waals surface area contributed by atoms with Crippen molar-refractivity contribution in [3.05, 3.63) is 48.5 Å². The molecular formula is C17H21O3P. The number of methoxy groups -OCH3 is 2. The van der Waals surface area contributed by atoms with Gasteiger partial charge in [0.25, 0.3) is 0 Å². The molecule has 0 aliphatic carbocycles. The molecule has 2 rings (SSSR count). The van der Waals surface area contributed by atoms with E-state index in [9.17, 15) is 0 Å². The molecule has 0 saturated carbocycles. The maximum Gasteiger partial charge on any atom is 0.129 e. The summed E-state index contributed by atoms with van der Waals surface area (Å²) in [6.07, 6.45) is 0.117. The fourth-order valence-electron chi connectivity index (χ4n) is 2.05. The van der Waals surface area contributed by atoms with Crippen molar-refractivity contribution in [2.45, 2.75) is 20.0 Å². The summed E-state index contributed by atoms with van der Waals surface area (Å²) >= 11 is 0. The Morgan fingerprint density at radius 2 is 1.19 bits per heavy atom. The SMILES string of the molecule is COc1ccccc1P(OC(C)C)c1ccccc1OC. The Balaban J connectivity index is 2.52. The van der Waals surface area contributed by atoms with Gasteiger partial charge in [0.2, 0.25) is 0 Å². The van der Waals surface area contributed by atoms with Gasteiger partial charge in [0.05, 0.1) is 28.5 Å². The molecule has 0 aliphatic heterocycles. The van der Waals surface area contributed by atoms with Crippen LogP contribution < -0.4 is 20.1 Å². The molecule has 3 nitrogen and oxygen atoms in total. The predicted molar refractivity (Wildman–Crippen MR) is 88.4 cm³/mol. The number of para-hydroxylation sites is 2. The third kappa shape index (κ3) is 3.75. The lowest BCUT2D eigenvalue weighted by Gasteiger charge is -2.24. The molecule has 4 heteroatoms. The number of benzene rings is 2. The van der Waals surface area contributed by atoms with Gasteiger partial charge in [-0.05, 0) is 38.1 Å². The van der Waals surface area contributed by atoms with E-state index in [1.165, 1.54) is 0 Å². The summed E-state index contributed by atoms with van der Waals surface area (Å²) in [6.45, 7) is 4.08.